The van der Waals surface area contributed by atoms with E-state index in [1.807, 2.05) is 42.5 Å². The second-order valence-corrected chi connectivity index (χ2v) is 12.1. The van der Waals surface area contributed by atoms with Gasteiger partial charge in [0.2, 0.25) is 0 Å². The summed E-state index contributed by atoms with van der Waals surface area (Å²) in [6.07, 6.45) is 2.16. The van der Waals surface area contributed by atoms with E-state index in [0.29, 0.717) is 5.82 Å². The van der Waals surface area contributed by atoms with E-state index >= 15 is 0 Å². The Kier molecular flexibility index (Phi) is 5.81. The Labute approximate surface area is 276 Å². The molecule has 0 aliphatic rings. The van der Waals surface area contributed by atoms with Gasteiger partial charge in [0.15, 0.2) is 11.5 Å². The molecule has 5 heteroatoms. The molecule has 5 nitrogen and oxygen atoms in total. The summed E-state index contributed by atoms with van der Waals surface area (Å²) in [6.45, 7) is 0. The van der Waals surface area contributed by atoms with Gasteiger partial charge in [0.1, 0.15) is 0 Å². The van der Waals surface area contributed by atoms with Gasteiger partial charge in [-0.25, -0.2) is 15.0 Å². The third-order valence-electron chi connectivity index (χ3n) is 9.32. The Morgan fingerprint density at radius 2 is 1.17 bits per heavy atom. The maximum Gasteiger partial charge on any atom is 0.162 e. The van der Waals surface area contributed by atoms with Crippen LogP contribution >= 0.6 is 0 Å². The number of pyridine rings is 1. The molecule has 0 atom stereocenters. The van der Waals surface area contributed by atoms with E-state index in [2.05, 4.69) is 130 Å². The molecule has 0 fully saturated rings. The van der Waals surface area contributed by atoms with Gasteiger partial charge < -0.3 is 4.57 Å². The molecule has 0 saturated carbocycles. The number of imidazole rings is 1. The second-order valence-electron chi connectivity index (χ2n) is 12.1. The lowest BCUT2D eigenvalue weighted by Crippen LogP contribution is -1.98. The van der Waals surface area contributed by atoms with Gasteiger partial charge >= 0.3 is 0 Å². The van der Waals surface area contributed by atoms with E-state index in [4.69, 9.17) is 15.0 Å². The minimum atomic E-state index is 0.700. The molecule has 0 saturated heterocycles. The maximum atomic E-state index is 5.20. The Balaban J connectivity index is 1.26. The molecular weight excluding hydrogens is 587 g/mol. The standard InChI is InChI=1S/C43H27N5/c1-3-13-29(14-4-1)36-27-37(45-42(44-36)30-15-5-2-6-16-30)31-17-11-18-32(26-31)48-39-23-22-28-12-7-8-19-33(28)40(39)34-24-25-47-38-21-10-9-20-35(38)46-43(47)41(34)48/h1-27H. The monoisotopic (exact) mass is 613 g/mol. The summed E-state index contributed by atoms with van der Waals surface area (Å²) in [5.74, 6) is 0.700. The number of fused-ring (bicyclic) bond motifs is 9. The Morgan fingerprint density at radius 3 is 2.02 bits per heavy atom. The van der Waals surface area contributed by atoms with Gasteiger partial charge in [-0.1, -0.05) is 115 Å². The summed E-state index contributed by atoms with van der Waals surface area (Å²) >= 11 is 0. The van der Waals surface area contributed by atoms with E-state index < -0.39 is 0 Å². The predicted molar refractivity (Wildman–Crippen MR) is 196 cm³/mol. The molecule has 0 aliphatic carbocycles. The normalized spacial score (nSPS) is 11.8. The summed E-state index contributed by atoms with van der Waals surface area (Å²) in [6, 6.07) is 55.0. The van der Waals surface area contributed by atoms with E-state index in [1.165, 1.54) is 21.5 Å². The van der Waals surface area contributed by atoms with Crippen molar-refractivity contribution in [2.24, 2.45) is 0 Å². The summed E-state index contributed by atoms with van der Waals surface area (Å²) in [5.41, 5.74) is 11.1. The number of benzene rings is 6. The van der Waals surface area contributed by atoms with E-state index in [0.717, 1.165) is 61.5 Å². The first-order valence-corrected chi connectivity index (χ1v) is 16.1. The minimum absolute atomic E-state index is 0.700. The largest absolute Gasteiger partial charge is 0.306 e. The van der Waals surface area contributed by atoms with Crippen LogP contribution in [-0.2, 0) is 0 Å². The average Bonchev–Trinajstić information content (AvgIpc) is 3.72. The molecule has 4 aromatic heterocycles. The number of rotatable bonds is 4. The van der Waals surface area contributed by atoms with Crippen LogP contribution in [0.4, 0.5) is 0 Å². The summed E-state index contributed by atoms with van der Waals surface area (Å²) in [4.78, 5) is 15.3. The van der Waals surface area contributed by atoms with Crippen LogP contribution < -0.4 is 0 Å². The van der Waals surface area contributed by atoms with Gasteiger partial charge in [0, 0.05) is 39.3 Å². The fourth-order valence-electron chi connectivity index (χ4n) is 7.12. The number of nitrogens with zero attached hydrogens (tertiary/aromatic N) is 5. The zero-order valence-electron chi connectivity index (χ0n) is 25.8. The highest BCUT2D eigenvalue weighted by Crippen LogP contribution is 2.40. The topological polar surface area (TPSA) is 48.0 Å². The summed E-state index contributed by atoms with van der Waals surface area (Å²) in [5, 5.41) is 4.85. The van der Waals surface area contributed by atoms with Crippen LogP contribution in [0, 0.1) is 0 Å². The van der Waals surface area contributed by atoms with Crippen LogP contribution in [0.25, 0.3) is 88.8 Å². The van der Waals surface area contributed by atoms with Gasteiger partial charge in [-0.2, -0.15) is 0 Å². The highest BCUT2D eigenvalue weighted by atomic mass is 15.1. The van der Waals surface area contributed by atoms with Crippen LogP contribution in [-0.4, -0.2) is 23.9 Å². The number of hydrogen-bond acceptors (Lipinski definition) is 3. The molecule has 10 aromatic rings. The molecule has 0 amide bonds. The molecule has 0 bridgehead atoms. The van der Waals surface area contributed by atoms with Crippen LogP contribution in [0.5, 0.6) is 0 Å². The molecular formula is C43H27N5. The zero-order chi connectivity index (χ0) is 31.6. The highest BCUT2D eigenvalue weighted by Gasteiger charge is 2.20. The molecule has 6 aromatic carbocycles. The fourth-order valence-corrected chi connectivity index (χ4v) is 7.12. The first-order valence-electron chi connectivity index (χ1n) is 16.1. The van der Waals surface area contributed by atoms with Crippen LogP contribution in [0.3, 0.4) is 0 Å². The SMILES string of the molecule is c1ccc(-c2cc(-c3cccc(-n4c5ccc6ccccc6c5c5ccn6c7ccccc7nc6c54)c3)nc(-c3ccccc3)n2)cc1. The zero-order valence-corrected chi connectivity index (χ0v) is 25.8. The van der Waals surface area contributed by atoms with E-state index in [1.54, 1.807) is 0 Å². The van der Waals surface area contributed by atoms with Crippen molar-refractivity contribution in [3.8, 4) is 39.6 Å². The number of aromatic nitrogens is 5. The molecule has 0 spiro atoms. The third kappa shape index (κ3) is 4.08. The molecule has 0 unspecified atom stereocenters. The van der Waals surface area contributed by atoms with Crippen molar-refractivity contribution in [3.05, 3.63) is 164 Å². The van der Waals surface area contributed by atoms with Crippen molar-refractivity contribution in [3.63, 3.8) is 0 Å². The third-order valence-corrected chi connectivity index (χ3v) is 9.32. The minimum Gasteiger partial charge on any atom is -0.306 e. The van der Waals surface area contributed by atoms with Crippen molar-refractivity contribution in [2.45, 2.75) is 0 Å². The number of hydrogen-bond donors (Lipinski definition) is 0. The van der Waals surface area contributed by atoms with Gasteiger partial charge in [-0.05, 0) is 53.2 Å². The van der Waals surface area contributed by atoms with Gasteiger partial charge in [-0.15, -0.1) is 0 Å². The van der Waals surface area contributed by atoms with Crippen LogP contribution in [0.1, 0.15) is 0 Å². The molecule has 0 radical (unpaired) electrons. The first-order chi connectivity index (χ1) is 23.8. The van der Waals surface area contributed by atoms with Crippen molar-refractivity contribution in [2.75, 3.05) is 0 Å². The molecule has 10 rings (SSSR count). The van der Waals surface area contributed by atoms with Crippen LogP contribution in [0.15, 0.2) is 164 Å². The lowest BCUT2D eigenvalue weighted by molar-refractivity contribution is 1.15. The van der Waals surface area contributed by atoms with Crippen LogP contribution in [0.2, 0.25) is 0 Å². The van der Waals surface area contributed by atoms with Crippen molar-refractivity contribution < 1.29 is 0 Å². The Morgan fingerprint density at radius 1 is 0.458 bits per heavy atom. The summed E-state index contributed by atoms with van der Waals surface area (Å²) in [7, 11) is 0. The quantitative estimate of drug-likeness (QED) is 0.198. The average molecular weight is 614 g/mol. The first kappa shape index (κ1) is 26.6. The highest BCUT2D eigenvalue weighted by molar-refractivity contribution is 6.23. The van der Waals surface area contributed by atoms with Gasteiger partial charge in [-0.3, -0.25) is 4.40 Å². The lowest BCUT2D eigenvalue weighted by atomic mass is 10.0. The molecule has 224 valence electrons. The lowest BCUT2D eigenvalue weighted by Gasteiger charge is -2.12. The molecule has 48 heavy (non-hydrogen) atoms. The molecule has 0 N–H and O–H groups in total. The van der Waals surface area contributed by atoms with Gasteiger partial charge in [0.05, 0.1) is 33.5 Å². The Hall–Kier alpha value is -6.59. The summed E-state index contributed by atoms with van der Waals surface area (Å²) < 4.78 is 4.58. The van der Waals surface area contributed by atoms with E-state index in [-0.39, 0.29) is 0 Å². The van der Waals surface area contributed by atoms with Crippen molar-refractivity contribution >= 4 is 49.3 Å². The van der Waals surface area contributed by atoms with Gasteiger partial charge in [0.25, 0.3) is 0 Å². The van der Waals surface area contributed by atoms with Crippen molar-refractivity contribution in [1.82, 2.24) is 23.9 Å². The van der Waals surface area contributed by atoms with E-state index in [9.17, 15) is 0 Å². The predicted octanol–water partition coefficient (Wildman–Crippen LogP) is 10.5. The second kappa shape index (κ2) is 10.5. The Bertz CT molecular complexity index is 2770. The molecule has 4 heterocycles. The van der Waals surface area contributed by atoms with Crippen molar-refractivity contribution in [1.29, 1.82) is 0 Å². The fraction of sp³-hybridized carbons (Fsp3) is 0. The molecule has 0 aliphatic heterocycles. The number of para-hydroxylation sites is 2. The maximum absolute atomic E-state index is 5.20. The smallest absolute Gasteiger partial charge is 0.162 e.